The largest absolute Gasteiger partial charge is 0.481 e. The molecule has 0 fully saturated rings. The van der Waals surface area contributed by atoms with Crippen molar-refractivity contribution in [2.45, 2.75) is 78.4 Å². The summed E-state index contributed by atoms with van der Waals surface area (Å²) in [4.78, 5) is 36.0. The van der Waals surface area contributed by atoms with Gasteiger partial charge in [0.15, 0.2) is 0 Å². The van der Waals surface area contributed by atoms with Crippen molar-refractivity contribution in [3.05, 3.63) is 0 Å². The van der Waals surface area contributed by atoms with Gasteiger partial charge in [-0.05, 0) is 60.8 Å². The van der Waals surface area contributed by atoms with E-state index in [4.69, 9.17) is 14.6 Å². The van der Waals surface area contributed by atoms with Crippen LogP contribution in [0, 0.1) is 0 Å². The van der Waals surface area contributed by atoms with Crippen molar-refractivity contribution in [2.75, 3.05) is 19.6 Å². The van der Waals surface area contributed by atoms with Gasteiger partial charge in [-0.25, -0.2) is 9.59 Å². The number of alkyl carbamates (subject to hydrolysis) is 1. The molecule has 0 radical (unpaired) electrons. The number of amides is 2. The van der Waals surface area contributed by atoms with Gasteiger partial charge in [0.2, 0.25) is 0 Å². The van der Waals surface area contributed by atoms with Gasteiger partial charge in [-0.15, -0.1) is 0 Å². The third kappa shape index (κ3) is 14.4. The molecular formula is C18H34N2O6. The molecule has 0 saturated carbocycles. The number of aliphatic carboxylic acids is 1. The highest BCUT2D eigenvalue weighted by molar-refractivity contribution is 5.68. The lowest BCUT2D eigenvalue weighted by Crippen LogP contribution is -2.39. The normalized spacial score (nSPS) is 11.6. The Morgan fingerprint density at radius 1 is 0.885 bits per heavy atom. The van der Waals surface area contributed by atoms with Crippen LogP contribution in [0.4, 0.5) is 9.59 Å². The van der Waals surface area contributed by atoms with Crippen LogP contribution in [0.2, 0.25) is 0 Å². The maximum Gasteiger partial charge on any atom is 0.410 e. The number of nitrogens with zero attached hydrogens (tertiary/aromatic N) is 1. The predicted octanol–water partition coefficient (Wildman–Crippen LogP) is 3.39. The van der Waals surface area contributed by atoms with Crippen molar-refractivity contribution in [2.24, 2.45) is 0 Å². The van der Waals surface area contributed by atoms with Crippen LogP contribution in [0.5, 0.6) is 0 Å². The van der Waals surface area contributed by atoms with Crippen molar-refractivity contribution in [1.29, 1.82) is 0 Å². The number of hydrogen-bond donors (Lipinski definition) is 2. The maximum absolute atomic E-state index is 12.3. The fourth-order valence-electron chi connectivity index (χ4n) is 1.97. The number of carboxylic acids is 1. The maximum atomic E-state index is 12.3. The van der Waals surface area contributed by atoms with Crippen LogP contribution in [-0.4, -0.2) is 59.0 Å². The first kappa shape index (κ1) is 24.0. The first-order chi connectivity index (χ1) is 11.8. The molecule has 26 heavy (non-hydrogen) atoms. The molecule has 152 valence electrons. The topological polar surface area (TPSA) is 105 Å². The quantitative estimate of drug-likeness (QED) is 0.599. The second-order valence-corrected chi connectivity index (χ2v) is 8.10. The molecule has 0 heterocycles. The van der Waals surface area contributed by atoms with E-state index in [-0.39, 0.29) is 6.42 Å². The number of ether oxygens (including phenoxy) is 2. The minimum Gasteiger partial charge on any atom is -0.481 e. The smallest absolute Gasteiger partial charge is 0.410 e. The number of carbonyl (C=O) groups is 3. The number of rotatable bonds is 9. The van der Waals surface area contributed by atoms with Crippen molar-refractivity contribution < 1.29 is 29.0 Å². The van der Waals surface area contributed by atoms with E-state index in [2.05, 4.69) is 5.32 Å². The Morgan fingerprint density at radius 3 is 1.92 bits per heavy atom. The summed E-state index contributed by atoms with van der Waals surface area (Å²) in [6.07, 6.45) is 0.739. The van der Waals surface area contributed by atoms with Crippen LogP contribution in [0.25, 0.3) is 0 Å². The van der Waals surface area contributed by atoms with Gasteiger partial charge in [0.25, 0.3) is 0 Å². The second kappa shape index (κ2) is 10.9. The van der Waals surface area contributed by atoms with Crippen molar-refractivity contribution in [3.63, 3.8) is 0 Å². The third-order valence-corrected chi connectivity index (χ3v) is 2.99. The van der Waals surface area contributed by atoms with Crippen molar-refractivity contribution >= 4 is 18.2 Å². The molecule has 0 aromatic carbocycles. The summed E-state index contributed by atoms with van der Waals surface area (Å²) in [6.45, 7) is 11.9. The molecule has 0 rings (SSSR count). The van der Waals surface area contributed by atoms with Crippen LogP contribution in [0.1, 0.15) is 67.2 Å². The molecule has 0 aliphatic heterocycles. The molecule has 0 saturated heterocycles. The first-order valence-electron chi connectivity index (χ1n) is 8.97. The summed E-state index contributed by atoms with van der Waals surface area (Å²) in [5.74, 6) is -0.852. The number of carbonyl (C=O) groups excluding carboxylic acids is 2. The Hall–Kier alpha value is -1.99. The van der Waals surface area contributed by atoms with Crippen LogP contribution in [-0.2, 0) is 14.3 Å². The van der Waals surface area contributed by atoms with E-state index >= 15 is 0 Å². The van der Waals surface area contributed by atoms with E-state index in [0.717, 1.165) is 0 Å². The lowest BCUT2D eigenvalue weighted by Gasteiger charge is -2.27. The van der Waals surface area contributed by atoms with Gasteiger partial charge < -0.3 is 24.8 Å². The van der Waals surface area contributed by atoms with E-state index in [1.54, 1.807) is 46.4 Å². The van der Waals surface area contributed by atoms with Crippen LogP contribution in [0.15, 0.2) is 0 Å². The molecule has 0 aliphatic carbocycles. The Bertz CT molecular complexity index is 465. The fourth-order valence-corrected chi connectivity index (χ4v) is 1.97. The minimum atomic E-state index is -0.852. The summed E-state index contributed by atoms with van der Waals surface area (Å²) >= 11 is 0. The zero-order chi connectivity index (χ0) is 20.4. The Labute approximate surface area is 156 Å². The van der Waals surface area contributed by atoms with Crippen LogP contribution >= 0.6 is 0 Å². The second-order valence-electron chi connectivity index (χ2n) is 8.10. The predicted molar refractivity (Wildman–Crippen MR) is 98.1 cm³/mol. The molecule has 2 amide bonds. The summed E-state index contributed by atoms with van der Waals surface area (Å²) in [6, 6.07) is 0. The highest BCUT2D eigenvalue weighted by Gasteiger charge is 2.22. The first-order valence-corrected chi connectivity index (χ1v) is 8.97. The van der Waals surface area contributed by atoms with E-state index in [0.29, 0.717) is 38.9 Å². The third-order valence-electron chi connectivity index (χ3n) is 2.99. The summed E-state index contributed by atoms with van der Waals surface area (Å²) in [5.41, 5.74) is -1.16. The zero-order valence-corrected chi connectivity index (χ0v) is 16.9. The van der Waals surface area contributed by atoms with Crippen molar-refractivity contribution in [1.82, 2.24) is 10.2 Å². The van der Waals surface area contributed by atoms with Gasteiger partial charge in [-0.1, -0.05) is 0 Å². The van der Waals surface area contributed by atoms with E-state index in [9.17, 15) is 14.4 Å². The van der Waals surface area contributed by atoms with Crippen LogP contribution < -0.4 is 5.32 Å². The Morgan fingerprint density at radius 2 is 1.42 bits per heavy atom. The molecule has 0 aromatic heterocycles. The number of carboxylic acid groups (broad SMARTS) is 1. The van der Waals surface area contributed by atoms with Gasteiger partial charge in [0, 0.05) is 26.1 Å². The van der Waals surface area contributed by atoms with Crippen molar-refractivity contribution in [3.8, 4) is 0 Å². The lowest BCUT2D eigenvalue weighted by molar-refractivity contribution is -0.137. The van der Waals surface area contributed by atoms with Gasteiger partial charge in [-0.3, -0.25) is 4.79 Å². The zero-order valence-electron chi connectivity index (χ0n) is 16.9. The SMILES string of the molecule is CC(C)(C)OC(=O)NCCCN(CCCCC(=O)O)C(=O)OC(C)(C)C. The molecule has 0 aliphatic rings. The number of hydrogen-bond acceptors (Lipinski definition) is 5. The molecule has 0 aromatic rings. The van der Waals surface area contributed by atoms with E-state index in [1.807, 2.05) is 0 Å². The Balaban J connectivity index is 4.40. The van der Waals surface area contributed by atoms with Crippen LogP contribution in [0.3, 0.4) is 0 Å². The van der Waals surface area contributed by atoms with Gasteiger partial charge in [-0.2, -0.15) is 0 Å². The summed E-state index contributed by atoms with van der Waals surface area (Å²) < 4.78 is 10.5. The Kier molecular flexibility index (Phi) is 10.0. The standard InChI is InChI=1S/C18H34N2O6/c1-17(2,3)25-15(23)19-11-9-13-20(12-8-7-10-14(21)22)16(24)26-18(4,5)6/h7-13H2,1-6H3,(H,19,23)(H,21,22). The molecule has 0 spiro atoms. The number of nitrogens with one attached hydrogen (secondary N) is 1. The summed E-state index contributed by atoms with van der Waals surface area (Å²) in [5, 5.41) is 11.3. The minimum absolute atomic E-state index is 0.0718. The van der Waals surface area contributed by atoms with Gasteiger partial charge in [0.05, 0.1) is 0 Å². The molecule has 0 unspecified atom stereocenters. The average molecular weight is 374 g/mol. The highest BCUT2D eigenvalue weighted by atomic mass is 16.6. The fraction of sp³-hybridized carbons (Fsp3) is 0.833. The highest BCUT2D eigenvalue weighted by Crippen LogP contribution is 2.11. The number of unbranched alkanes of at least 4 members (excludes halogenated alkanes) is 1. The molecule has 8 heteroatoms. The summed E-state index contributed by atoms with van der Waals surface area (Å²) in [7, 11) is 0. The molecule has 0 bridgehead atoms. The molecule has 8 nitrogen and oxygen atoms in total. The molecule has 2 N–H and O–H groups in total. The average Bonchev–Trinajstić information content (AvgIpc) is 2.41. The molecule has 0 atom stereocenters. The van der Waals surface area contributed by atoms with Gasteiger partial charge >= 0.3 is 18.2 Å². The van der Waals surface area contributed by atoms with E-state index in [1.165, 1.54) is 0 Å². The molecular weight excluding hydrogens is 340 g/mol. The van der Waals surface area contributed by atoms with Gasteiger partial charge in [0.1, 0.15) is 11.2 Å². The van der Waals surface area contributed by atoms with E-state index < -0.39 is 29.4 Å². The lowest BCUT2D eigenvalue weighted by atomic mass is 10.2. The monoisotopic (exact) mass is 374 g/mol.